The molecule has 6 heteroatoms. The van der Waals surface area contributed by atoms with Crippen LogP contribution in [0.15, 0.2) is 42.6 Å². The highest BCUT2D eigenvalue weighted by atomic mass is 16.5. The Hall–Kier alpha value is -2.89. The van der Waals surface area contributed by atoms with Gasteiger partial charge in [-0.05, 0) is 36.1 Å². The Morgan fingerprint density at radius 3 is 2.60 bits per heavy atom. The van der Waals surface area contributed by atoms with E-state index < -0.39 is 5.97 Å². The number of hydrogen-bond acceptors (Lipinski definition) is 4. The number of nitrogens with zero attached hydrogens (tertiary/aromatic N) is 1. The van der Waals surface area contributed by atoms with Crippen LogP contribution in [0.1, 0.15) is 40.3 Å². The number of rotatable bonds is 7. The van der Waals surface area contributed by atoms with Crippen LogP contribution in [0.4, 0.5) is 0 Å². The summed E-state index contributed by atoms with van der Waals surface area (Å²) in [5, 5.41) is 12.0. The number of carboxylic acid groups (broad SMARTS) is 1. The van der Waals surface area contributed by atoms with Gasteiger partial charge in [0, 0.05) is 17.8 Å². The van der Waals surface area contributed by atoms with Crippen LogP contribution >= 0.6 is 0 Å². The maximum Gasteiger partial charge on any atom is 0.354 e. The molecular formula is C19H22N2O4. The Bertz CT molecular complexity index is 759. The summed E-state index contributed by atoms with van der Waals surface area (Å²) >= 11 is 0. The fourth-order valence-electron chi connectivity index (χ4n) is 2.50. The van der Waals surface area contributed by atoms with E-state index in [0.717, 1.165) is 11.3 Å². The summed E-state index contributed by atoms with van der Waals surface area (Å²) in [6.07, 6.45) is 1.94. The second-order valence-corrected chi connectivity index (χ2v) is 6.07. The fourth-order valence-corrected chi connectivity index (χ4v) is 2.50. The lowest BCUT2D eigenvalue weighted by Gasteiger charge is -2.23. The highest BCUT2D eigenvalue weighted by Gasteiger charge is 2.20. The number of amides is 1. The van der Waals surface area contributed by atoms with Crippen molar-refractivity contribution < 1.29 is 19.4 Å². The van der Waals surface area contributed by atoms with Crippen molar-refractivity contribution in [2.45, 2.75) is 26.3 Å². The van der Waals surface area contributed by atoms with Crippen LogP contribution in [0.5, 0.6) is 5.75 Å². The molecule has 1 aromatic heterocycles. The standard InChI is InChI=1S/C19H22N2O4/c1-12(2)15(10-13-6-4-5-7-17(13)25-3)21-18(22)14-8-9-20-16(11-14)19(23)24/h4-9,11-12,15H,10H2,1-3H3,(H,21,22)(H,23,24). The second kappa shape index (κ2) is 8.28. The summed E-state index contributed by atoms with van der Waals surface area (Å²) in [5.74, 6) is -0.517. The molecule has 0 saturated heterocycles. The van der Waals surface area contributed by atoms with Crippen molar-refractivity contribution in [1.29, 1.82) is 0 Å². The third-order valence-electron chi connectivity index (χ3n) is 3.99. The van der Waals surface area contributed by atoms with Crippen molar-refractivity contribution >= 4 is 11.9 Å². The van der Waals surface area contributed by atoms with Crippen molar-refractivity contribution in [3.63, 3.8) is 0 Å². The van der Waals surface area contributed by atoms with Crippen LogP contribution in [0, 0.1) is 5.92 Å². The van der Waals surface area contributed by atoms with Crippen molar-refractivity contribution in [3.05, 3.63) is 59.4 Å². The third kappa shape index (κ3) is 4.79. The van der Waals surface area contributed by atoms with E-state index in [1.807, 2.05) is 38.1 Å². The largest absolute Gasteiger partial charge is 0.496 e. The average Bonchev–Trinajstić information content (AvgIpc) is 2.61. The number of carbonyl (C=O) groups excluding carboxylic acids is 1. The SMILES string of the molecule is COc1ccccc1CC(NC(=O)c1ccnc(C(=O)O)c1)C(C)C. The number of carboxylic acids is 1. The fraction of sp³-hybridized carbons (Fsp3) is 0.316. The maximum absolute atomic E-state index is 12.5. The smallest absolute Gasteiger partial charge is 0.354 e. The number of benzene rings is 1. The lowest BCUT2D eigenvalue weighted by Crippen LogP contribution is -2.40. The molecule has 1 aromatic carbocycles. The Labute approximate surface area is 146 Å². The Morgan fingerprint density at radius 1 is 1.24 bits per heavy atom. The van der Waals surface area contributed by atoms with E-state index >= 15 is 0 Å². The van der Waals surface area contributed by atoms with Crippen LogP contribution in [-0.4, -0.2) is 35.1 Å². The molecule has 2 rings (SSSR count). The molecule has 1 heterocycles. The summed E-state index contributed by atoms with van der Waals surface area (Å²) < 4.78 is 5.37. The maximum atomic E-state index is 12.5. The van der Waals surface area contributed by atoms with Gasteiger partial charge in [-0.2, -0.15) is 0 Å². The number of nitrogens with one attached hydrogen (secondary N) is 1. The zero-order valence-electron chi connectivity index (χ0n) is 14.5. The van der Waals surface area contributed by atoms with Gasteiger partial charge in [-0.1, -0.05) is 32.0 Å². The molecule has 132 valence electrons. The number of carbonyl (C=O) groups is 2. The number of aromatic nitrogens is 1. The summed E-state index contributed by atoms with van der Waals surface area (Å²) in [6, 6.07) is 10.3. The first-order valence-electron chi connectivity index (χ1n) is 8.04. The van der Waals surface area contributed by atoms with Gasteiger partial charge in [0.15, 0.2) is 0 Å². The summed E-state index contributed by atoms with van der Waals surface area (Å²) in [7, 11) is 1.62. The van der Waals surface area contributed by atoms with Crippen molar-refractivity contribution in [2.75, 3.05) is 7.11 Å². The number of aromatic carboxylic acids is 1. The first kappa shape index (κ1) is 18.4. The van der Waals surface area contributed by atoms with Crippen LogP contribution in [0.3, 0.4) is 0 Å². The number of methoxy groups -OCH3 is 1. The second-order valence-electron chi connectivity index (χ2n) is 6.07. The van der Waals surface area contributed by atoms with E-state index in [9.17, 15) is 9.59 Å². The predicted octanol–water partition coefficient (Wildman–Crippen LogP) is 2.79. The highest BCUT2D eigenvalue weighted by Crippen LogP contribution is 2.21. The molecule has 1 atom stereocenters. The van der Waals surface area contributed by atoms with Crippen LogP contribution in [-0.2, 0) is 6.42 Å². The zero-order chi connectivity index (χ0) is 18.4. The van der Waals surface area contributed by atoms with E-state index in [4.69, 9.17) is 9.84 Å². The van der Waals surface area contributed by atoms with E-state index in [1.165, 1.54) is 18.3 Å². The molecule has 0 saturated carbocycles. The van der Waals surface area contributed by atoms with Crippen molar-refractivity contribution in [2.24, 2.45) is 5.92 Å². The number of pyridine rings is 1. The van der Waals surface area contributed by atoms with Gasteiger partial charge < -0.3 is 15.2 Å². The number of ether oxygens (including phenoxy) is 1. The van der Waals surface area contributed by atoms with Gasteiger partial charge in [0.2, 0.25) is 0 Å². The summed E-state index contributed by atoms with van der Waals surface area (Å²) in [6.45, 7) is 4.05. The van der Waals surface area contributed by atoms with Gasteiger partial charge in [0.1, 0.15) is 11.4 Å². The van der Waals surface area contributed by atoms with E-state index in [1.54, 1.807) is 7.11 Å². The summed E-state index contributed by atoms with van der Waals surface area (Å²) in [4.78, 5) is 27.3. The Balaban J connectivity index is 2.17. The first-order valence-corrected chi connectivity index (χ1v) is 8.04. The molecule has 2 aromatic rings. The molecule has 0 fully saturated rings. The molecule has 0 aliphatic heterocycles. The molecule has 0 aliphatic carbocycles. The van der Waals surface area contributed by atoms with Gasteiger partial charge in [-0.15, -0.1) is 0 Å². The molecule has 6 nitrogen and oxygen atoms in total. The quantitative estimate of drug-likeness (QED) is 0.808. The summed E-state index contributed by atoms with van der Waals surface area (Å²) in [5.41, 5.74) is 1.13. The minimum absolute atomic E-state index is 0.120. The minimum Gasteiger partial charge on any atom is -0.496 e. The number of hydrogen-bond donors (Lipinski definition) is 2. The molecule has 0 aliphatic rings. The van der Waals surface area contributed by atoms with Gasteiger partial charge in [0.25, 0.3) is 5.91 Å². The van der Waals surface area contributed by atoms with Gasteiger partial charge >= 0.3 is 5.97 Å². The van der Waals surface area contributed by atoms with Crippen LogP contribution in [0.2, 0.25) is 0 Å². The third-order valence-corrected chi connectivity index (χ3v) is 3.99. The highest BCUT2D eigenvalue weighted by molar-refractivity contribution is 5.96. The predicted molar refractivity (Wildman–Crippen MR) is 94.0 cm³/mol. The average molecular weight is 342 g/mol. The molecule has 2 N–H and O–H groups in total. The lowest BCUT2D eigenvalue weighted by atomic mass is 9.95. The van der Waals surface area contributed by atoms with E-state index in [-0.39, 0.29) is 29.1 Å². The van der Waals surface area contributed by atoms with Gasteiger partial charge in [0.05, 0.1) is 7.11 Å². The first-order chi connectivity index (χ1) is 11.9. The van der Waals surface area contributed by atoms with Gasteiger partial charge in [-0.3, -0.25) is 4.79 Å². The van der Waals surface area contributed by atoms with Gasteiger partial charge in [-0.25, -0.2) is 9.78 Å². The molecule has 25 heavy (non-hydrogen) atoms. The monoisotopic (exact) mass is 342 g/mol. The molecule has 0 spiro atoms. The van der Waals surface area contributed by atoms with Crippen molar-refractivity contribution in [1.82, 2.24) is 10.3 Å². The topological polar surface area (TPSA) is 88.5 Å². The molecule has 1 unspecified atom stereocenters. The Kier molecular flexibility index (Phi) is 6.11. The van der Waals surface area contributed by atoms with Crippen LogP contribution in [0.25, 0.3) is 0 Å². The van der Waals surface area contributed by atoms with Crippen molar-refractivity contribution in [3.8, 4) is 5.75 Å². The molecule has 0 radical (unpaired) electrons. The van der Waals surface area contributed by atoms with E-state index in [2.05, 4.69) is 10.3 Å². The minimum atomic E-state index is -1.16. The molecular weight excluding hydrogens is 320 g/mol. The zero-order valence-corrected chi connectivity index (χ0v) is 14.5. The van der Waals surface area contributed by atoms with E-state index in [0.29, 0.717) is 6.42 Å². The number of para-hydroxylation sites is 1. The molecule has 0 bridgehead atoms. The van der Waals surface area contributed by atoms with Crippen LogP contribution < -0.4 is 10.1 Å². The lowest BCUT2D eigenvalue weighted by molar-refractivity contribution is 0.0690. The Morgan fingerprint density at radius 2 is 1.96 bits per heavy atom. The normalized spacial score (nSPS) is 11.8. The molecule has 1 amide bonds.